The molecule has 152 valence electrons. The molecular weight excluding hydrogens is 385 g/mol. The van der Waals surface area contributed by atoms with Crippen LogP contribution in [0.5, 0.6) is 11.5 Å². The molecule has 5 rings (SSSR count). The third-order valence-electron chi connectivity index (χ3n) is 5.40. The normalized spacial score (nSPS) is 17.0. The Morgan fingerprint density at radius 2 is 1.43 bits per heavy atom. The van der Waals surface area contributed by atoms with Crippen LogP contribution < -0.4 is 9.47 Å². The topological polar surface area (TPSA) is 48.0 Å². The van der Waals surface area contributed by atoms with Gasteiger partial charge in [0.25, 0.3) is 5.91 Å². The number of fused-ring (bicyclic) bond motifs is 1. The van der Waals surface area contributed by atoms with Gasteiger partial charge in [-0.05, 0) is 12.1 Å². The number of carbonyl (C=O) groups is 1. The zero-order chi connectivity index (χ0) is 20.6. The average Bonchev–Trinajstić information content (AvgIpc) is 3.23. The van der Waals surface area contributed by atoms with Gasteiger partial charge in [-0.25, -0.2) is 4.39 Å². The van der Waals surface area contributed by atoms with E-state index in [-0.39, 0.29) is 23.0 Å². The average molecular weight is 405 g/mol. The minimum atomic E-state index is -1.33. The largest absolute Gasteiger partial charge is 0.440 e. The van der Waals surface area contributed by atoms with E-state index in [2.05, 4.69) is 0 Å². The van der Waals surface area contributed by atoms with Crippen molar-refractivity contribution >= 4 is 5.91 Å². The smallest absolute Gasteiger partial charge is 0.305 e. The van der Waals surface area contributed by atoms with Gasteiger partial charge in [-0.3, -0.25) is 4.79 Å². The molecule has 3 aromatic rings. The van der Waals surface area contributed by atoms with Crippen LogP contribution in [0, 0.1) is 5.82 Å². The number of hydrogen-bond donors (Lipinski definition) is 0. The Bertz CT molecular complexity index is 1030. The van der Waals surface area contributed by atoms with Crippen LogP contribution in [0.3, 0.4) is 0 Å². The highest BCUT2D eigenvalue weighted by Crippen LogP contribution is 2.49. The second kappa shape index (κ2) is 7.46. The van der Waals surface area contributed by atoms with Crippen LogP contribution in [0.15, 0.2) is 72.8 Å². The van der Waals surface area contributed by atoms with Crippen LogP contribution in [0.25, 0.3) is 0 Å². The van der Waals surface area contributed by atoms with Crippen LogP contribution >= 0.6 is 0 Å². The van der Waals surface area contributed by atoms with Gasteiger partial charge in [-0.2, -0.15) is 0 Å². The molecule has 2 aliphatic heterocycles. The molecule has 6 heteroatoms. The molecule has 1 saturated heterocycles. The Hall–Kier alpha value is -3.38. The quantitative estimate of drug-likeness (QED) is 0.662. The van der Waals surface area contributed by atoms with Crippen LogP contribution in [0.2, 0.25) is 0 Å². The van der Waals surface area contributed by atoms with Crippen molar-refractivity contribution in [1.29, 1.82) is 0 Å². The highest BCUT2D eigenvalue weighted by atomic mass is 19.1. The first kappa shape index (κ1) is 18.6. The van der Waals surface area contributed by atoms with Gasteiger partial charge in [0.05, 0.1) is 18.8 Å². The summed E-state index contributed by atoms with van der Waals surface area (Å²) in [6, 6.07) is 21.8. The summed E-state index contributed by atoms with van der Waals surface area (Å²) in [5.41, 5.74) is 1.43. The lowest BCUT2D eigenvalue weighted by atomic mass is 9.97. The Morgan fingerprint density at radius 3 is 2.03 bits per heavy atom. The van der Waals surface area contributed by atoms with Crippen molar-refractivity contribution in [3.05, 3.63) is 95.3 Å². The zero-order valence-corrected chi connectivity index (χ0v) is 16.2. The van der Waals surface area contributed by atoms with E-state index in [9.17, 15) is 4.79 Å². The lowest BCUT2D eigenvalue weighted by Gasteiger charge is -2.28. The first-order valence-electron chi connectivity index (χ1n) is 9.88. The lowest BCUT2D eigenvalue weighted by Crippen LogP contribution is -2.41. The van der Waals surface area contributed by atoms with E-state index in [4.69, 9.17) is 14.2 Å². The highest BCUT2D eigenvalue weighted by Gasteiger charge is 2.47. The van der Waals surface area contributed by atoms with Gasteiger partial charge in [0.2, 0.25) is 5.75 Å². The lowest BCUT2D eigenvalue weighted by molar-refractivity contribution is -0.0473. The first-order valence-corrected chi connectivity index (χ1v) is 9.88. The Kier molecular flexibility index (Phi) is 4.64. The van der Waals surface area contributed by atoms with Crippen molar-refractivity contribution < 1.29 is 23.4 Å². The molecule has 0 saturated carbocycles. The molecule has 0 aromatic heterocycles. The number of halogens is 1. The van der Waals surface area contributed by atoms with Crippen LogP contribution in [0.1, 0.15) is 21.5 Å². The molecule has 2 aliphatic rings. The van der Waals surface area contributed by atoms with Gasteiger partial charge in [-0.15, -0.1) is 0 Å². The maximum absolute atomic E-state index is 15.5. The fourth-order valence-electron chi connectivity index (χ4n) is 3.85. The number of ether oxygens (including phenoxy) is 3. The number of benzene rings is 3. The van der Waals surface area contributed by atoms with Crippen molar-refractivity contribution in [1.82, 2.24) is 4.90 Å². The summed E-state index contributed by atoms with van der Waals surface area (Å²) < 4.78 is 33.2. The van der Waals surface area contributed by atoms with Gasteiger partial charge in [0.15, 0.2) is 11.6 Å². The number of nitrogens with zero attached hydrogens (tertiary/aromatic N) is 1. The van der Waals surface area contributed by atoms with E-state index in [1.807, 2.05) is 60.7 Å². The minimum absolute atomic E-state index is 0.0313. The van der Waals surface area contributed by atoms with Gasteiger partial charge in [-0.1, -0.05) is 60.7 Å². The monoisotopic (exact) mass is 405 g/mol. The summed E-state index contributed by atoms with van der Waals surface area (Å²) >= 11 is 0. The van der Waals surface area contributed by atoms with Gasteiger partial charge in [0, 0.05) is 24.2 Å². The Balaban J connectivity index is 1.57. The fraction of sp³-hybridized carbons (Fsp3) is 0.208. The molecule has 0 radical (unpaired) electrons. The van der Waals surface area contributed by atoms with Crippen molar-refractivity contribution in [2.24, 2.45) is 0 Å². The van der Waals surface area contributed by atoms with E-state index in [1.54, 1.807) is 11.0 Å². The predicted octanol–water partition coefficient (Wildman–Crippen LogP) is 3.97. The highest BCUT2D eigenvalue weighted by molar-refractivity contribution is 5.95. The Morgan fingerprint density at radius 1 is 0.833 bits per heavy atom. The summed E-state index contributed by atoms with van der Waals surface area (Å²) in [7, 11) is 0. The van der Waals surface area contributed by atoms with Gasteiger partial charge in [0.1, 0.15) is 0 Å². The third kappa shape index (κ3) is 3.00. The van der Waals surface area contributed by atoms with Crippen LogP contribution in [-0.4, -0.2) is 37.1 Å². The molecule has 0 spiro atoms. The first-order chi connectivity index (χ1) is 14.7. The summed E-state index contributed by atoms with van der Waals surface area (Å²) in [6.45, 7) is 1.77. The number of carbonyl (C=O) groups excluding carboxylic acids is 1. The number of amides is 1. The van der Waals surface area contributed by atoms with Crippen molar-refractivity contribution in [2.45, 2.75) is 5.79 Å². The van der Waals surface area contributed by atoms with E-state index in [0.717, 1.165) is 11.1 Å². The van der Waals surface area contributed by atoms with E-state index >= 15 is 4.39 Å². The van der Waals surface area contributed by atoms with Gasteiger partial charge < -0.3 is 19.1 Å². The molecule has 3 aromatic carbocycles. The van der Waals surface area contributed by atoms with Gasteiger partial charge >= 0.3 is 5.79 Å². The van der Waals surface area contributed by atoms with E-state index < -0.39 is 11.6 Å². The van der Waals surface area contributed by atoms with Crippen LogP contribution in [0.4, 0.5) is 4.39 Å². The number of hydrogen-bond acceptors (Lipinski definition) is 4. The fourth-order valence-corrected chi connectivity index (χ4v) is 3.85. The second-order valence-electron chi connectivity index (χ2n) is 7.21. The molecule has 5 nitrogen and oxygen atoms in total. The molecule has 0 N–H and O–H groups in total. The zero-order valence-electron chi connectivity index (χ0n) is 16.2. The standard InChI is InChI=1S/C24H20FNO4/c25-21-19(23(27)26-13-15-28-16-14-26)11-12-20-22(21)30-24(29-20,17-7-3-1-4-8-17)18-9-5-2-6-10-18/h1-12H,13-16H2. The summed E-state index contributed by atoms with van der Waals surface area (Å²) in [5.74, 6) is -2.20. The molecule has 0 aliphatic carbocycles. The molecule has 0 bridgehead atoms. The van der Waals surface area contributed by atoms with Crippen LogP contribution in [-0.2, 0) is 10.5 Å². The Labute approximate surface area is 173 Å². The summed E-state index contributed by atoms with van der Waals surface area (Å²) in [5, 5.41) is 0. The summed E-state index contributed by atoms with van der Waals surface area (Å²) in [6.07, 6.45) is 0. The molecule has 1 fully saturated rings. The molecular formula is C24H20FNO4. The summed E-state index contributed by atoms with van der Waals surface area (Å²) in [4.78, 5) is 14.4. The van der Waals surface area contributed by atoms with Crippen molar-refractivity contribution in [2.75, 3.05) is 26.3 Å². The molecule has 0 atom stereocenters. The minimum Gasteiger partial charge on any atom is -0.440 e. The third-order valence-corrected chi connectivity index (χ3v) is 5.40. The SMILES string of the molecule is O=C(c1ccc2c(c1F)OC(c1ccccc1)(c1ccccc1)O2)N1CCOCC1. The molecule has 0 unspecified atom stereocenters. The number of morpholine rings is 1. The maximum atomic E-state index is 15.5. The van der Waals surface area contributed by atoms with Crippen molar-refractivity contribution in [3.63, 3.8) is 0 Å². The number of rotatable bonds is 3. The second-order valence-corrected chi connectivity index (χ2v) is 7.21. The predicted molar refractivity (Wildman–Crippen MR) is 108 cm³/mol. The molecule has 30 heavy (non-hydrogen) atoms. The van der Waals surface area contributed by atoms with Crippen molar-refractivity contribution in [3.8, 4) is 11.5 Å². The maximum Gasteiger partial charge on any atom is 0.305 e. The van der Waals surface area contributed by atoms with E-state index in [0.29, 0.717) is 26.3 Å². The van der Waals surface area contributed by atoms with E-state index in [1.165, 1.54) is 6.07 Å². The molecule has 1 amide bonds. The molecule has 2 heterocycles.